The zero-order valence-electron chi connectivity index (χ0n) is 41.3. The molecule has 13 aromatic rings. The molecule has 0 N–H and O–H groups in total. The van der Waals surface area contributed by atoms with Gasteiger partial charge in [-0.15, -0.1) is 0 Å². The summed E-state index contributed by atoms with van der Waals surface area (Å²) in [6, 6.07) is 98.3. The summed E-state index contributed by atoms with van der Waals surface area (Å²) in [4.78, 5) is 2.54. The first kappa shape index (κ1) is 42.4. The van der Waals surface area contributed by atoms with Crippen molar-refractivity contribution in [3.05, 3.63) is 311 Å². The molecule has 2 heteroatoms. The normalized spacial score (nSPS) is 13.3. The van der Waals surface area contributed by atoms with Crippen molar-refractivity contribution < 1.29 is 0 Å². The van der Waals surface area contributed by atoms with Crippen LogP contribution in [0.4, 0.5) is 17.1 Å². The molecule has 2 aliphatic carbocycles. The SMILES string of the molecule is Cc1ccc(C(c2ccccc2)c2ccc3c4c(c5ccccc5c3c2)-c2c(N(c3ccccc3)c3ccc(C)cc3)cc3c(c2C42c4ccccc4-c4ccccc42)c2ccccc2n3-c2ccccc2)cc1. The van der Waals surface area contributed by atoms with Gasteiger partial charge in [0.25, 0.3) is 0 Å². The van der Waals surface area contributed by atoms with E-state index in [1.165, 1.54) is 116 Å². The highest BCUT2D eigenvalue weighted by Crippen LogP contribution is 2.69. The predicted octanol–water partition coefficient (Wildman–Crippen LogP) is 18.7. The quantitative estimate of drug-likeness (QED) is 0.114. The molecule has 0 bridgehead atoms. The van der Waals surface area contributed by atoms with Crippen LogP contribution in [0.3, 0.4) is 0 Å². The van der Waals surface area contributed by atoms with Crippen molar-refractivity contribution in [1.82, 2.24) is 4.57 Å². The topological polar surface area (TPSA) is 8.17 Å². The second kappa shape index (κ2) is 16.4. The van der Waals surface area contributed by atoms with Gasteiger partial charge in [0.05, 0.1) is 22.1 Å². The van der Waals surface area contributed by atoms with E-state index in [0.717, 1.165) is 22.7 Å². The molecular formula is C72H50N2. The summed E-state index contributed by atoms with van der Waals surface area (Å²) < 4.78 is 2.52. The second-order valence-electron chi connectivity index (χ2n) is 20.4. The van der Waals surface area contributed by atoms with Gasteiger partial charge in [0.15, 0.2) is 0 Å². The monoisotopic (exact) mass is 942 g/mol. The summed E-state index contributed by atoms with van der Waals surface area (Å²) in [5.74, 6) is 0.0385. The van der Waals surface area contributed by atoms with Crippen LogP contribution in [0.25, 0.3) is 71.3 Å². The van der Waals surface area contributed by atoms with Crippen molar-refractivity contribution in [3.63, 3.8) is 0 Å². The Kier molecular flexibility index (Phi) is 9.40. The van der Waals surface area contributed by atoms with Gasteiger partial charge in [-0.05, 0) is 146 Å². The first-order chi connectivity index (χ1) is 36.6. The van der Waals surface area contributed by atoms with Crippen molar-refractivity contribution in [1.29, 1.82) is 0 Å². The van der Waals surface area contributed by atoms with Crippen molar-refractivity contribution in [3.8, 4) is 27.9 Å². The third-order valence-corrected chi connectivity index (χ3v) is 16.4. The summed E-state index contributed by atoms with van der Waals surface area (Å²) >= 11 is 0. The molecule has 0 amide bonds. The average molecular weight is 943 g/mol. The largest absolute Gasteiger partial charge is 0.310 e. The average Bonchev–Trinajstić information content (AvgIpc) is 4.09. The Hall–Kier alpha value is -9.24. The Morgan fingerprint density at radius 1 is 0.365 bits per heavy atom. The van der Waals surface area contributed by atoms with Gasteiger partial charge in [0.2, 0.25) is 0 Å². The van der Waals surface area contributed by atoms with Gasteiger partial charge in [-0.1, -0.05) is 217 Å². The summed E-state index contributed by atoms with van der Waals surface area (Å²) in [5, 5.41) is 7.56. The molecule has 1 spiro atoms. The molecule has 74 heavy (non-hydrogen) atoms. The maximum absolute atomic E-state index is 2.54. The van der Waals surface area contributed by atoms with Gasteiger partial charge in [0.1, 0.15) is 0 Å². The molecule has 1 aromatic heterocycles. The summed E-state index contributed by atoms with van der Waals surface area (Å²) in [7, 11) is 0. The van der Waals surface area contributed by atoms with Crippen LogP contribution in [0, 0.1) is 13.8 Å². The highest BCUT2D eigenvalue weighted by molar-refractivity contribution is 6.26. The molecule has 348 valence electrons. The van der Waals surface area contributed by atoms with Crippen LogP contribution in [0.2, 0.25) is 0 Å². The lowest BCUT2D eigenvalue weighted by Gasteiger charge is -2.33. The molecule has 2 aliphatic rings. The minimum Gasteiger partial charge on any atom is -0.310 e. The third-order valence-electron chi connectivity index (χ3n) is 16.4. The van der Waals surface area contributed by atoms with Gasteiger partial charge < -0.3 is 9.47 Å². The molecule has 0 saturated carbocycles. The number of hydrogen-bond donors (Lipinski definition) is 0. The number of fused-ring (bicyclic) bond motifs is 19. The Balaban J connectivity index is 1.18. The molecule has 1 unspecified atom stereocenters. The molecule has 2 nitrogen and oxygen atoms in total. The van der Waals surface area contributed by atoms with Gasteiger partial charge >= 0.3 is 0 Å². The van der Waals surface area contributed by atoms with E-state index in [2.05, 4.69) is 284 Å². The van der Waals surface area contributed by atoms with Crippen LogP contribution in [0.15, 0.2) is 261 Å². The molecule has 15 rings (SSSR count). The van der Waals surface area contributed by atoms with E-state index in [1.54, 1.807) is 0 Å². The molecule has 1 heterocycles. The smallest absolute Gasteiger partial charge is 0.0739 e. The van der Waals surface area contributed by atoms with E-state index in [4.69, 9.17) is 0 Å². The van der Waals surface area contributed by atoms with Crippen LogP contribution in [0.5, 0.6) is 0 Å². The van der Waals surface area contributed by atoms with Gasteiger partial charge in [-0.2, -0.15) is 0 Å². The number of rotatable bonds is 7. The standard InChI is InChI=1S/C72H50N2/c1-46-34-38-49(39-35-46)66(48-20-6-3-7-21-48)50-40-43-58-60(44-50)54-26-12-13-29-57(54)68-69-65(73(51-22-8-4-9-23-51)53-41-36-47(2)37-42-53)45-64-67(59-30-16-19-33-63(59)74(64)52-24-10-5-11-25-52)71(69)72(70(58)68)61-31-17-14-27-55(61)56-28-15-18-32-62(56)72/h3-45,66H,1-2H3. The fourth-order valence-corrected chi connectivity index (χ4v) is 13.4. The van der Waals surface area contributed by atoms with E-state index in [9.17, 15) is 0 Å². The van der Waals surface area contributed by atoms with Crippen molar-refractivity contribution in [2.24, 2.45) is 0 Å². The molecule has 0 saturated heterocycles. The van der Waals surface area contributed by atoms with E-state index in [1.807, 2.05) is 0 Å². The Morgan fingerprint density at radius 3 is 1.58 bits per heavy atom. The van der Waals surface area contributed by atoms with Gasteiger partial charge in [-0.3, -0.25) is 0 Å². The molecule has 12 aromatic carbocycles. The van der Waals surface area contributed by atoms with E-state index >= 15 is 0 Å². The molecule has 0 radical (unpaired) electrons. The minimum absolute atomic E-state index is 0.0385. The lowest BCUT2D eigenvalue weighted by atomic mass is 9.68. The zero-order chi connectivity index (χ0) is 49.1. The Morgan fingerprint density at radius 2 is 0.892 bits per heavy atom. The number of anilines is 3. The van der Waals surface area contributed by atoms with Gasteiger partial charge in [0, 0.05) is 39.3 Å². The second-order valence-corrected chi connectivity index (χ2v) is 20.4. The predicted molar refractivity (Wildman–Crippen MR) is 310 cm³/mol. The maximum Gasteiger partial charge on any atom is 0.0739 e. The first-order valence-corrected chi connectivity index (χ1v) is 26.0. The number of hydrogen-bond acceptors (Lipinski definition) is 1. The highest BCUT2D eigenvalue weighted by atomic mass is 15.1. The lowest BCUT2D eigenvalue weighted by Crippen LogP contribution is -2.27. The van der Waals surface area contributed by atoms with Crippen molar-refractivity contribution in [2.75, 3.05) is 4.90 Å². The molecule has 0 aliphatic heterocycles. The van der Waals surface area contributed by atoms with Crippen LogP contribution < -0.4 is 4.90 Å². The van der Waals surface area contributed by atoms with Crippen LogP contribution in [-0.4, -0.2) is 4.57 Å². The molecular weight excluding hydrogens is 893 g/mol. The number of nitrogens with zero attached hydrogens (tertiary/aromatic N) is 2. The first-order valence-electron chi connectivity index (χ1n) is 26.0. The number of benzene rings is 12. The summed E-state index contributed by atoms with van der Waals surface area (Å²) in [6.07, 6.45) is 0. The fraction of sp³-hybridized carbons (Fsp3) is 0.0556. The number of aromatic nitrogens is 1. The summed E-state index contributed by atoms with van der Waals surface area (Å²) in [5.41, 5.74) is 22.9. The van der Waals surface area contributed by atoms with E-state index in [-0.39, 0.29) is 5.92 Å². The lowest BCUT2D eigenvalue weighted by molar-refractivity contribution is 0.810. The van der Waals surface area contributed by atoms with E-state index in [0.29, 0.717) is 0 Å². The van der Waals surface area contributed by atoms with Crippen molar-refractivity contribution in [2.45, 2.75) is 25.2 Å². The van der Waals surface area contributed by atoms with Crippen LogP contribution >= 0.6 is 0 Å². The fourth-order valence-electron chi connectivity index (χ4n) is 13.4. The number of para-hydroxylation sites is 3. The third kappa shape index (κ3) is 6.00. The zero-order valence-corrected chi connectivity index (χ0v) is 41.3. The van der Waals surface area contributed by atoms with Gasteiger partial charge in [-0.25, -0.2) is 0 Å². The van der Waals surface area contributed by atoms with Crippen molar-refractivity contribution >= 4 is 60.4 Å². The Labute approximate surface area is 431 Å². The maximum atomic E-state index is 2.54. The Bertz CT molecular complexity index is 4310. The highest BCUT2D eigenvalue weighted by Gasteiger charge is 2.55. The minimum atomic E-state index is -0.729. The summed E-state index contributed by atoms with van der Waals surface area (Å²) in [6.45, 7) is 4.36. The number of aryl methyl sites for hydroxylation is 2. The van der Waals surface area contributed by atoms with E-state index < -0.39 is 5.41 Å². The molecule has 0 fully saturated rings. The van der Waals surface area contributed by atoms with Crippen LogP contribution in [0.1, 0.15) is 56.0 Å². The van der Waals surface area contributed by atoms with Crippen LogP contribution in [-0.2, 0) is 5.41 Å². The molecule has 1 atom stereocenters.